The molecule has 0 aliphatic carbocycles. The van der Waals surface area contributed by atoms with Crippen molar-refractivity contribution in [2.75, 3.05) is 24.5 Å². The zero-order valence-electron chi connectivity index (χ0n) is 19.5. The number of methoxy groups -OCH3 is 1. The Labute approximate surface area is 226 Å². The van der Waals surface area contributed by atoms with Crippen LogP contribution in [-0.4, -0.2) is 39.8 Å². The summed E-state index contributed by atoms with van der Waals surface area (Å²) in [5.41, 5.74) is 5.29. The molecule has 1 aromatic heterocycles. The fraction of sp³-hybridized carbons (Fsp3) is 0.0769. The van der Waals surface area contributed by atoms with E-state index in [4.69, 9.17) is 21.7 Å². The second kappa shape index (κ2) is 11.0. The van der Waals surface area contributed by atoms with Crippen LogP contribution in [0.25, 0.3) is 16.3 Å². The Morgan fingerprint density at radius 2 is 1.86 bits per heavy atom. The Balaban J connectivity index is 1.25. The number of nitrogens with zero attached hydrogens (tertiary/aromatic N) is 2. The minimum atomic E-state index is -0.290. The van der Waals surface area contributed by atoms with Gasteiger partial charge in [0.1, 0.15) is 0 Å². The van der Waals surface area contributed by atoms with E-state index < -0.39 is 0 Å². The second-order valence-corrected chi connectivity index (χ2v) is 10.4. The van der Waals surface area contributed by atoms with Crippen LogP contribution in [0.2, 0.25) is 0 Å². The smallest absolute Gasteiger partial charge is 0.285 e. The molecule has 0 bridgehead atoms. The van der Waals surface area contributed by atoms with E-state index in [-0.39, 0.29) is 18.4 Å². The third-order valence-corrected chi connectivity index (χ3v) is 7.44. The lowest BCUT2D eigenvalue weighted by Crippen LogP contribution is -2.33. The number of para-hydroxylation sites is 2. The number of thiocarbonyl (C=S) groups is 1. The van der Waals surface area contributed by atoms with Crippen molar-refractivity contribution in [3.63, 3.8) is 0 Å². The van der Waals surface area contributed by atoms with Gasteiger partial charge in [-0.2, -0.15) is 5.01 Å². The Kier molecular flexibility index (Phi) is 7.35. The van der Waals surface area contributed by atoms with Gasteiger partial charge < -0.3 is 14.8 Å². The van der Waals surface area contributed by atoms with Crippen LogP contribution in [0.15, 0.2) is 77.7 Å². The monoisotopic (exact) mass is 548 g/mol. The van der Waals surface area contributed by atoms with Crippen LogP contribution >= 0.6 is 35.3 Å². The maximum absolute atomic E-state index is 13.1. The SMILES string of the molecule is COc1cc(C=C2SC(=S)N(Nc3nc4ccccc4s3)C2=O)ccc1OCC(=O)Nc1ccccc1. The van der Waals surface area contributed by atoms with Gasteiger partial charge in [-0.25, -0.2) is 4.98 Å². The number of fused-ring (bicyclic) bond motifs is 1. The number of amides is 2. The summed E-state index contributed by atoms with van der Waals surface area (Å²) in [5, 5.41) is 4.67. The van der Waals surface area contributed by atoms with Crippen molar-refractivity contribution in [2.45, 2.75) is 0 Å². The van der Waals surface area contributed by atoms with Crippen LogP contribution in [0.3, 0.4) is 0 Å². The first-order valence-corrected chi connectivity index (χ1v) is 13.1. The molecule has 2 N–H and O–H groups in total. The van der Waals surface area contributed by atoms with Gasteiger partial charge in [0.2, 0.25) is 5.13 Å². The van der Waals surface area contributed by atoms with Gasteiger partial charge in [-0.3, -0.25) is 15.0 Å². The van der Waals surface area contributed by atoms with Crippen LogP contribution in [-0.2, 0) is 9.59 Å². The number of hydrogen-bond donors (Lipinski definition) is 2. The molecule has 0 saturated carbocycles. The molecule has 1 aliphatic rings. The van der Waals surface area contributed by atoms with E-state index >= 15 is 0 Å². The molecule has 1 fully saturated rings. The van der Waals surface area contributed by atoms with Crippen molar-refractivity contribution < 1.29 is 19.1 Å². The molecule has 186 valence electrons. The zero-order valence-corrected chi connectivity index (χ0v) is 21.9. The first-order valence-electron chi connectivity index (χ1n) is 11.1. The van der Waals surface area contributed by atoms with Gasteiger partial charge in [0.25, 0.3) is 11.8 Å². The highest BCUT2D eigenvalue weighted by Gasteiger charge is 2.33. The molecular formula is C26H20N4O4S3. The number of hydrazine groups is 1. The van der Waals surface area contributed by atoms with Gasteiger partial charge in [-0.05, 0) is 60.3 Å². The van der Waals surface area contributed by atoms with Crippen LogP contribution in [0.5, 0.6) is 11.5 Å². The first kappa shape index (κ1) is 24.8. The molecule has 0 atom stereocenters. The molecule has 3 aromatic carbocycles. The summed E-state index contributed by atoms with van der Waals surface area (Å²) in [6.07, 6.45) is 1.73. The second-order valence-electron chi connectivity index (χ2n) is 7.73. The van der Waals surface area contributed by atoms with Crippen molar-refractivity contribution >= 4 is 78.6 Å². The number of rotatable bonds is 8. The average molecular weight is 549 g/mol. The number of ether oxygens (including phenoxy) is 2. The Hall–Kier alpha value is -3.93. The molecule has 5 rings (SSSR count). The fourth-order valence-electron chi connectivity index (χ4n) is 3.49. The number of thiazole rings is 1. The molecule has 0 radical (unpaired) electrons. The van der Waals surface area contributed by atoms with Gasteiger partial charge in [0.15, 0.2) is 22.4 Å². The lowest BCUT2D eigenvalue weighted by molar-refractivity contribution is -0.121. The number of aromatic nitrogens is 1. The van der Waals surface area contributed by atoms with Crippen LogP contribution in [0.1, 0.15) is 5.56 Å². The quantitative estimate of drug-likeness (QED) is 0.219. The number of anilines is 2. The van der Waals surface area contributed by atoms with Gasteiger partial charge in [0, 0.05) is 5.69 Å². The summed E-state index contributed by atoms with van der Waals surface area (Å²) in [5.74, 6) is 0.282. The van der Waals surface area contributed by atoms with Crippen LogP contribution in [0, 0.1) is 0 Å². The highest BCUT2D eigenvalue weighted by Crippen LogP contribution is 2.36. The van der Waals surface area contributed by atoms with Crippen molar-refractivity contribution in [3.05, 3.63) is 83.3 Å². The molecule has 0 spiro atoms. The lowest BCUT2D eigenvalue weighted by atomic mass is 10.2. The number of hydrogen-bond acceptors (Lipinski definition) is 9. The minimum Gasteiger partial charge on any atom is -0.493 e. The molecule has 4 aromatic rings. The Morgan fingerprint density at radius 3 is 2.65 bits per heavy atom. The largest absolute Gasteiger partial charge is 0.493 e. The molecule has 0 unspecified atom stereocenters. The normalized spacial score (nSPS) is 14.3. The van der Waals surface area contributed by atoms with E-state index in [1.807, 2.05) is 42.5 Å². The average Bonchev–Trinajstić information content (AvgIpc) is 3.44. The number of carbonyl (C=O) groups is 2. The van der Waals surface area contributed by atoms with Gasteiger partial charge >= 0.3 is 0 Å². The first-order chi connectivity index (χ1) is 18.0. The number of benzene rings is 3. The van der Waals surface area contributed by atoms with Crippen molar-refractivity contribution in [3.8, 4) is 11.5 Å². The molecule has 37 heavy (non-hydrogen) atoms. The minimum absolute atomic E-state index is 0.180. The molecular weight excluding hydrogens is 529 g/mol. The zero-order chi connectivity index (χ0) is 25.8. The molecule has 1 aliphatic heterocycles. The van der Waals surface area contributed by atoms with E-state index in [0.29, 0.717) is 31.5 Å². The molecule has 2 heterocycles. The highest BCUT2D eigenvalue weighted by molar-refractivity contribution is 8.26. The standard InChI is InChI=1S/C26H20N4O4S3/c1-33-20-13-16(11-12-19(20)34-15-23(31)27-17-7-3-2-4-8-17)14-22-24(32)30(26(35)37-22)29-25-28-18-9-5-6-10-21(18)36-25/h2-14H,15H2,1H3,(H,27,31)(H,28,29). The molecule has 11 heteroatoms. The van der Waals surface area contributed by atoms with E-state index in [1.54, 1.807) is 36.4 Å². The summed E-state index contributed by atoms with van der Waals surface area (Å²) < 4.78 is 12.5. The van der Waals surface area contributed by atoms with Crippen molar-refractivity contribution in [1.29, 1.82) is 0 Å². The fourth-order valence-corrected chi connectivity index (χ4v) is 5.52. The number of nitrogens with one attached hydrogen (secondary N) is 2. The topological polar surface area (TPSA) is 92.8 Å². The van der Waals surface area contributed by atoms with Crippen LogP contribution in [0.4, 0.5) is 10.8 Å². The van der Waals surface area contributed by atoms with Gasteiger partial charge in [0.05, 0.1) is 22.2 Å². The summed E-state index contributed by atoms with van der Waals surface area (Å²) in [6.45, 7) is -0.180. The van der Waals surface area contributed by atoms with Crippen LogP contribution < -0.4 is 20.2 Å². The maximum Gasteiger partial charge on any atom is 0.285 e. The molecule has 1 saturated heterocycles. The Morgan fingerprint density at radius 1 is 1.08 bits per heavy atom. The van der Waals surface area contributed by atoms with Crippen molar-refractivity contribution in [1.82, 2.24) is 9.99 Å². The molecule has 2 amide bonds. The van der Waals surface area contributed by atoms with E-state index in [9.17, 15) is 9.59 Å². The lowest BCUT2D eigenvalue weighted by Gasteiger charge is -2.14. The van der Waals surface area contributed by atoms with E-state index in [0.717, 1.165) is 15.8 Å². The summed E-state index contributed by atoms with van der Waals surface area (Å²) in [4.78, 5) is 30.2. The maximum atomic E-state index is 13.1. The van der Waals surface area contributed by atoms with Gasteiger partial charge in [-0.15, -0.1) is 0 Å². The predicted octanol–water partition coefficient (Wildman–Crippen LogP) is 5.55. The van der Waals surface area contributed by atoms with E-state index in [1.165, 1.54) is 35.2 Å². The van der Waals surface area contributed by atoms with Gasteiger partial charge in [-0.1, -0.05) is 59.5 Å². The van der Waals surface area contributed by atoms with E-state index in [2.05, 4.69) is 15.7 Å². The predicted molar refractivity (Wildman–Crippen MR) is 152 cm³/mol. The third-order valence-electron chi connectivity index (χ3n) is 5.20. The summed E-state index contributed by atoms with van der Waals surface area (Å²) in [7, 11) is 1.51. The highest BCUT2D eigenvalue weighted by atomic mass is 32.2. The summed E-state index contributed by atoms with van der Waals surface area (Å²) in [6, 6.07) is 22.1. The third kappa shape index (κ3) is 5.74. The number of thioether (sulfide) groups is 1. The molecule has 8 nitrogen and oxygen atoms in total. The Bertz CT molecular complexity index is 1490. The summed E-state index contributed by atoms with van der Waals surface area (Å²) >= 11 is 8.06. The number of carbonyl (C=O) groups excluding carboxylic acids is 2. The van der Waals surface area contributed by atoms with Crippen molar-refractivity contribution in [2.24, 2.45) is 0 Å².